The average molecular weight is 372 g/mol. The molecule has 1 aromatic carbocycles. The maximum Gasteiger partial charge on any atom is 0.277 e. The minimum Gasteiger partial charge on any atom is -0.411 e. The van der Waals surface area contributed by atoms with E-state index in [1.807, 2.05) is 31.2 Å². The van der Waals surface area contributed by atoms with Gasteiger partial charge < -0.3 is 9.32 Å². The first-order valence-electron chi connectivity index (χ1n) is 9.54. The molecule has 5 nitrogen and oxygen atoms in total. The second-order valence-electron chi connectivity index (χ2n) is 7.32. The molecular weight excluding hydrogens is 346 g/mol. The Balaban J connectivity index is 1.38. The Morgan fingerprint density at radius 1 is 1.19 bits per heavy atom. The van der Waals surface area contributed by atoms with E-state index in [1.54, 1.807) is 0 Å². The Labute approximate surface area is 158 Å². The van der Waals surface area contributed by atoms with Gasteiger partial charge >= 0.3 is 0 Å². The van der Waals surface area contributed by atoms with Crippen molar-refractivity contribution in [3.8, 4) is 11.5 Å². The first-order chi connectivity index (χ1) is 12.7. The van der Waals surface area contributed by atoms with Gasteiger partial charge in [-0.15, -0.1) is 10.2 Å². The molecule has 4 rings (SSSR count). The van der Waals surface area contributed by atoms with Crippen LogP contribution in [-0.2, 0) is 4.79 Å². The Morgan fingerprint density at radius 3 is 2.88 bits per heavy atom. The van der Waals surface area contributed by atoms with Gasteiger partial charge in [-0.2, -0.15) is 0 Å². The van der Waals surface area contributed by atoms with E-state index in [0.717, 1.165) is 24.1 Å². The zero-order valence-electron chi connectivity index (χ0n) is 15.2. The molecule has 1 saturated carbocycles. The highest BCUT2D eigenvalue weighted by atomic mass is 32.2. The molecule has 0 radical (unpaired) electrons. The van der Waals surface area contributed by atoms with Gasteiger partial charge in [0.1, 0.15) is 0 Å². The average Bonchev–Trinajstić information content (AvgIpc) is 3.15. The number of likely N-dealkylation sites (tertiary alicyclic amines) is 1. The topological polar surface area (TPSA) is 59.2 Å². The lowest BCUT2D eigenvalue weighted by molar-refractivity contribution is -0.134. The summed E-state index contributed by atoms with van der Waals surface area (Å²) in [5, 5.41) is 8.72. The molecule has 1 aliphatic carbocycles. The number of carbonyl (C=O) groups is 1. The predicted octanol–water partition coefficient (Wildman–Crippen LogP) is 4.32. The molecule has 0 spiro atoms. The number of hydrogen-bond acceptors (Lipinski definition) is 5. The molecule has 1 amide bonds. The number of amides is 1. The Bertz CT molecular complexity index is 774. The van der Waals surface area contributed by atoms with E-state index in [-0.39, 0.29) is 5.91 Å². The highest BCUT2D eigenvalue weighted by molar-refractivity contribution is 7.99. The van der Waals surface area contributed by atoms with Crippen LogP contribution in [0.3, 0.4) is 0 Å². The molecule has 0 N–H and O–H groups in total. The van der Waals surface area contributed by atoms with Crippen molar-refractivity contribution in [3.63, 3.8) is 0 Å². The van der Waals surface area contributed by atoms with Gasteiger partial charge in [0, 0.05) is 18.2 Å². The second-order valence-corrected chi connectivity index (χ2v) is 8.24. The molecule has 1 aromatic heterocycles. The van der Waals surface area contributed by atoms with Gasteiger partial charge in [-0.3, -0.25) is 4.79 Å². The van der Waals surface area contributed by atoms with Crippen LogP contribution in [0.25, 0.3) is 11.5 Å². The van der Waals surface area contributed by atoms with Crippen molar-refractivity contribution in [1.29, 1.82) is 0 Å². The van der Waals surface area contributed by atoms with Crippen LogP contribution < -0.4 is 0 Å². The number of hydrogen-bond donors (Lipinski definition) is 0. The zero-order chi connectivity index (χ0) is 17.9. The summed E-state index contributed by atoms with van der Waals surface area (Å²) in [5.41, 5.74) is 2.04. The zero-order valence-corrected chi connectivity index (χ0v) is 16.0. The van der Waals surface area contributed by atoms with E-state index in [4.69, 9.17) is 4.42 Å². The minimum absolute atomic E-state index is 0.210. The van der Waals surface area contributed by atoms with Gasteiger partial charge in [0.05, 0.1) is 5.75 Å². The fraction of sp³-hybridized carbons (Fsp3) is 0.550. The van der Waals surface area contributed by atoms with Crippen LogP contribution in [0.2, 0.25) is 0 Å². The molecule has 0 bridgehead atoms. The van der Waals surface area contributed by atoms with E-state index < -0.39 is 0 Å². The molecule has 26 heavy (non-hydrogen) atoms. The molecule has 138 valence electrons. The van der Waals surface area contributed by atoms with Crippen molar-refractivity contribution in [1.82, 2.24) is 15.1 Å². The molecule has 2 heterocycles. The summed E-state index contributed by atoms with van der Waals surface area (Å²) in [6, 6.07) is 8.39. The van der Waals surface area contributed by atoms with Gasteiger partial charge in [-0.1, -0.05) is 42.8 Å². The molecule has 2 fully saturated rings. The normalized spacial score (nSPS) is 22.9. The number of fused-ring (bicyclic) bond motifs is 1. The van der Waals surface area contributed by atoms with E-state index in [0.29, 0.717) is 28.8 Å². The first kappa shape index (κ1) is 17.6. The van der Waals surface area contributed by atoms with Crippen LogP contribution in [0.4, 0.5) is 0 Å². The van der Waals surface area contributed by atoms with E-state index in [2.05, 4.69) is 15.1 Å². The maximum atomic E-state index is 12.8. The number of piperidine rings is 1. The summed E-state index contributed by atoms with van der Waals surface area (Å²) in [7, 11) is 0. The number of thioether (sulfide) groups is 1. The van der Waals surface area contributed by atoms with Gasteiger partial charge in [0.15, 0.2) is 0 Å². The third-order valence-corrected chi connectivity index (χ3v) is 6.47. The SMILES string of the molecule is Cc1ccccc1-c1nnc(SCC(=O)N2CCC[C@@H]3CCCC[C@@H]32)o1. The van der Waals surface area contributed by atoms with E-state index in [9.17, 15) is 4.79 Å². The smallest absolute Gasteiger partial charge is 0.277 e. The molecule has 1 saturated heterocycles. The summed E-state index contributed by atoms with van der Waals surface area (Å²) in [4.78, 5) is 14.9. The van der Waals surface area contributed by atoms with Gasteiger partial charge in [-0.25, -0.2) is 0 Å². The molecular formula is C20H25N3O2S. The van der Waals surface area contributed by atoms with Crippen LogP contribution in [0.5, 0.6) is 0 Å². The van der Waals surface area contributed by atoms with Crippen molar-refractivity contribution in [2.24, 2.45) is 5.92 Å². The summed E-state index contributed by atoms with van der Waals surface area (Å²) in [6.07, 6.45) is 7.44. The standard InChI is InChI=1S/C20H25N3O2S/c1-14-7-2-4-10-16(14)19-21-22-20(25-19)26-13-18(24)23-12-6-9-15-8-3-5-11-17(15)23/h2,4,7,10,15,17H,3,5-6,8-9,11-13H2,1H3/t15-,17-/m0/s1. The molecule has 0 unspecified atom stereocenters. The van der Waals surface area contributed by atoms with Crippen molar-refractivity contribution in [3.05, 3.63) is 29.8 Å². The quantitative estimate of drug-likeness (QED) is 0.749. The van der Waals surface area contributed by atoms with Crippen LogP contribution in [0.1, 0.15) is 44.1 Å². The van der Waals surface area contributed by atoms with Crippen LogP contribution in [0.15, 0.2) is 33.9 Å². The number of aryl methyl sites for hydroxylation is 1. The monoisotopic (exact) mass is 371 g/mol. The van der Waals surface area contributed by atoms with Crippen molar-refractivity contribution < 1.29 is 9.21 Å². The molecule has 2 atom stereocenters. The first-order valence-corrected chi connectivity index (χ1v) is 10.5. The lowest BCUT2D eigenvalue weighted by Gasteiger charge is -2.44. The molecule has 2 aromatic rings. The number of carbonyl (C=O) groups excluding carboxylic acids is 1. The lowest BCUT2D eigenvalue weighted by Crippen LogP contribution is -2.50. The third-order valence-electron chi connectivity index (χ3n) is 5.66. The maximum absolute atomic E-state index is 12.8. The van der Waals surface area contributed by atoms with Crippen LogP contribution in [-0.4, -0.2) is 39.3 Å². The van der Waals surface area contributed by atoms with Gasteiger partial charge in [0.2, 0.25) is 11.8 Å². The summed E-state index contributed by atoms with van der Waals surface area (Å²) in [6.45, 7) is 2.92. The van der Waals surface area contributed by atoms with E-state index >= 15 is 0 Å². The van der Waals surface area contributed by atoms with Gasteiger partial charge in [-0.05, 0) is 50.2 Å². The second kappa shape index (κ2) is 7.82. The molecule has 1 aliphatic heterocycles. The number of benzene rings is 1. The highest BCUT2D eigenvalue weighted by Gasteiger charge is 2.35. The summed E-state index contributed by atoms with van der Waals surface area (Å²) < 4.78 is 5.76. The molecule has 6 heteroatoms. The van der Waals surface area contributed by atoms with Crippen molar-refractivity contribution in [2.75, 3.05) is 12.3 Å². The third kappa shape index (κ3) is 3.65. The Hall–Kier alpha value is -1.82. The largest absolute Gasteiger partial charge is 0.411 e. The Morgan fingerprint density at radius 2 is 2.00 bits per heavy atom. The summed E-state index contributed by atoms with van der Waals surface area (Å²) >= 11 is 1.35. The molecule has 2 aliphatic rings. The predicted molar refractivity (Wildman–Crippen MR) is 102 cm³/mol. The summed E-state index contributed by atoms with van der Waals surface area (Å²) in [5.74, 6) is 1.81. The van der Waals surface area contributed by atoms with E-state index in [1.165, 1.54) is 43.9 Å². The van der Waals surface area contributed by atoms with Gasteiger partial charge in [0.25, 0.3) is 5.22 Å². The van der Waals surface area contributed by atoms with Crippen molar-refractivity contribution >= 4 is 17.7 Å². The number of rotatable bonds is 4. The number of nitrogens with zero attached hydrogens (tertiary/aromatic N) is 3. The minimum atomic E-state index is 0.210. The Kier molecular flexibility index (Phi) is 5.29. The fourth-order valence-electron chi connectivity index (χ4n) is 4.33. The van der Waals surface area contributed by atoms with Crippen LogP contribution >= 0.6 is 11.8 Å². The lowest BCUT2D eigenvalue weighted by atomic mass is 9.78. The fourth-order valence-corrected chi connectivity index (χ4v) is 4.98. The van der Waals surface area contributed by atoms with Crippen LogP contribution in [0, 0.1) is 12.8 Å². The number of aromatic nitrogens is 2. The van der Waals surface area contributed by atoms with Crippen molar-refractivity contribution in [2.45, 2.75) is 56.7 Å². The highest BCUT2D eigenvalue weighted by Crippen LogP contribution is 2.35.